The molecule has 110 valence electrons. The van der Waals surface area contributed by atoms with Gasteiger partial charge in [0.1, 0.15) is 11.3 Å². The predicted octanol–water partition coefficient (Wildman–Crippen LogP) is 2.79. The van der Waals surface area contributed by atoms with Gasteiger partial charge in [0.15, 0.2) is 0 Å². The van der Waals surface area contributed by atoms with Crippen LogP contribution in [0.25, 0.3) is 0 Å². The number of carbonyl (C=O) groups excluding carboxylic acids is 1. The van der Waals surface area contributed by atoms with Crippen molar-refractivity contribution in [3.8, 4) is 5.75 Å². The molecule has 0 atom stereocenters. The number of hydrogen-bond donors (Lipinski definition) is 4. The van der Waals surface area contributed by atoms with Crippen molar-refractivity contribution >= 4 is 17.7 Å². The monoisotopic (exact) mass is 280 g/mol. The van der Waals surface area contributed by atoms with E-state index in [4.69, 9.17) is 5.11 Å². The van der Waals surface area contributed by atoms with Gasteiger partial charge in [-0.25, -0.2) is 9.59 Å². The number of aromatic carboxylic acids is 1. The van der Waals surface area contributed by atoms with Crippen LogP contribution in [-0.2, 0) is 0 Å². The third-order valence-corrected chi connectivity index (χ3v) is 2.80. The van der Waals surface area contributed by atoms with Crippen LogP contribution in [0.4, 0.5) is 10.5 Å². The molecule has 0 bridgehead atoms. The quantitative estimate of drug-likeness (QED) is 0.456. The summed E-state index contributed by atoms with van der Waals surface area (Å²) < 4.78 is 0. The van der Waals surface area contributed by atoms with Gasteiger partial charge in [0.25, 0.3) is 0 Å². The van der Waals surface area contributed by atoms with Gasteiger partial charge in [-0.15, -0.1) is 0 Å². The zero-order valence-corrected chi connectivity index (χ0v) is 11.5. The summed E-state index contributed by atoms with van der Waals surface area (Å²) in [6.07, 6.45) is 4.26. The molecule has 6 nitrogen and oxygen atoms in total. The Morgan fingerprint density at radius 1 is 1.20 bits per heavy atom. The lowest BCUT2D eigenvalue weighted by Crippen LogP contribution is -2.29. The van der Waals surface area contributed by atoms with E-state index < -0.39 is 5.97 Å². The number of benzene rings is 1. The van der Waals surface area contributed by atoms with Crippen LogP contribution in [0.5, 0.6) is 5.75 Å². The van der Waals surface area contributed by atoms with Gasteiger partial charge in [-0.05, 0) is 24.6 Å². The molecule has 0 aliphatic carbocycles. The number of carbonyl (C=O) groups is 2. The molecule has 0 spiro atoms. The summed E-state index contributed by atoms with van der Waals surface area (Å²) >= 11 is 0. The second-order valence-corrected chi connectivity index (χ2v) is 4.48. The summed E-state index contributed by atoms with van der Waals surface area (Å²) in [6.45, 7) is 2.70. The van der Waals surface area contributed by atoms with Crippen molar-refractivity contribution < 1.29 is 19.8 Å². The lowest BCUT2D eigenvalue weighted by Gasteiger charge is -2.08. The van der Waals surface area contributed by atoms with Crippen molar-refractivity contribution in [2.75, 3.05) is 11.9 Å². The molecular formula is C14H20N2O4. The van der Waals surface area contributed by atoms with E-state index in [1.54, 1.807) is 0 Å². The van der Waals surface area contributed by atoms with Gasteiger partial charge in [-0.3, -0.25) is 0 Å². The molecule has 0 saturated heterocycles. The highest BCUT2D eigenvalue weighted by atomic mass is 16.4. The largest absolute Gasteiger partial charge is 0.507 e. The number of nitrogens with one attached hydrogen (secondary N) is 2. The smallest absolute Gasteiger partial charge is 0.339 e. The normalized spacial score (nSPS) is 10.1. The highest BCUT2D eigenvalue weighted by Gasteiger charge is 2.11. The topological polar surface area (TPSA) is 98.7 Å². The molecule has 4 N–H and O–H groups in total. The lowest BCUT2D eigenvalue weighted by atomic mass is 10.2. The maximum absolute atomic E-state index is 11.6. The van der Waals surface area contributed by atoms with E-state index in [-0.39, 0.29) is 17.3 Å². The summed E-state index contributed by atoms with van der Waals surface area (Å²) in [4.78, 5) is 22.4. The van der Waals surface area contributed by atoms with E-state index in [1.807, 2.05) is 0 Å². The Kier molecular flexibility index (Phi) is 6.36. The number of rotatable bonds is 7. The first-order valence-electron chi connectivity index (χ1n) is 6.65. The van der Waals surface area contributed by atoms with Crippen LogP contribution in [-0.4, -0.2) is 28.8 Å². The average Bonchev–Trinajstić information content (AvgIpc) is 2.40. The van der Waals surface area contributed by atoms with E-state index in [9.17, 15) is 14.7 Å². The summed E-state index contributed by atoms with van der Waals surface area (Å²) in [5, 5.41) is 23.4. The molecule has 0 aromatic heterocycles. The Morgan fingerprint density at radius 2 is 1.95 bits per heavy atom. The minimum atomic E-state index is -1.24. The van der Waals surface area contributed by atoms with E-state index in [2.05, 4.69) is 17.6 Å². The number of carboxylic acid groups (broad SMARTS) is 1. The first kappa shape index (κ1) is 15.8. The van der Waals surface area contributed by atoms with Crippen molar-refractivity contribution in [3.63, 3.8) is 0 Å². The predicted molar refractivity (Wildman–Crippen MR) is 76.2 cm³/mol. The van der Waals surface area contributed by atoms with Gasteiger partial charge >= 0.3 is 12.0 Å². The number of anilines is 1. The second-order valence-electron chi connectivity index (χ2n) is 4.48. The number of urea groups is 1. The fourth-order valence-corrected chi connectivity index (χ4v) is 1.71. The van der Waals surface area contributed by atoms with Gasteiger partial charge in [-0.2, -0.15) is 0 Å². The van der Waals surface area contributed by atoms with Crippen LogP contribution >= 0.6 is 0 Å². The lowest BCUT2D eigenvalue weighted by molar-refractivity contribution is 0.0693. The van der Waals surface area contributed by atoms with E-state index in [0.717, 1.165) is 25.7 Å². The molecule has 0 heterocycles. The molecule has 1 aromatic carbocycles. The first-order chi connectivity index (χ1) is 9.54. The van der Waals surface area contributed by atoms with E-state index in [0.29, 0.717) is 12.2 Å². The Hall–Kier alpha value is -2.24. The maximum Gasteiger partial charge on any atom is 0.339 e. The summed E-state index contributed by atoms with van der Waals surface area (Å²) in [5.74, 6) is -1.57. The molecule has 2 amide bonds. The van der Waals surface area contributed by atoms with Crippen LogP contribution in [0.3, 0.4) is 0 Å². The Bertz CT molecular complexity index is 474. The molecular weight excluding hydrogens is 260 g/mol. The van der Waals surface area contributed by atoms with Gasteiger partial charge in [0.2, 0.25) is 0 Å². The van der Waals surface area contributed by atoms with Crippen LogP contribution < -0.4 is 10.6 Å². The minimum absolute atomic E-state index is 0.245. The molecule has 1 rings (SSSR count). The third-order valence-electron chi connectivity index (χ3n) is 2.80. The van der Waals surface area contributed by atoms with Crippen molar-refractivity contribution in [3.05, 3.63) is 23.8 Å². The molecule has 0 radical (unpaired) electrons. The second kappa shape index (κ2) is 8.04. The number of phenols is 1. The van der Waals surface area contributed by atoms with Gasteiger partial charge in [0.05, 0.1) is 0 Å². The van der Waals surface area contributed by atoms with Gasteiger partial charge in [0, 0.05) is 12.2 Å². The van der Waals surface area contributed by atoms with Crippen LogP contribution in [0.15, 0.2) is 18.2 Å². The number of aromatic hydroxyl groups is 1. The summed E-state index contributed by atoms with van der Waals surface area (Å²) in [7, 11) is 0. The standard InChI is InChI=1S/C14H20N2O4/c1-2-3-4-5-8-15-14(20)16-10-6-7-12(17)11(9-10)13(18)19/h6-7,9,17H,2-5,8H2,1H3,(H,18,19)(H2,15,16,20). The van der Waals surface area contributed by atoms with Crippen LogP contribution in [0.1, 0.15) is 43.0 Å². The Labute approximate surface area is 117 Å². The molecule has 0 saturated carbocycles. The van der Waals surface area contributed by atoms with Gasteiger partial charge in [-0.1, -0.05) is 26.2 Å². The number of amides is 2. The summed E-state index contributed by atoms with van der Waals surface area (Å²) in [5.41, 5.74) is 0.0806. The van der Waals surface area contributed by atoms with Crippen molar-refractivity contribution in [2.24, 2.45) is 0 Å². The van der Waals surface area contributed by atoms with Crippen LogP contribution in [0.2, 0.25) is 0 Å². The number of hydrogen-bond acceptors (Lipinski definition) is 3. The van der Waals surface area contributed by atoms with Crippen molar-refractivity contribution in [1.29, 1.82) is 0 Å². The first-order valence-corrected chi connectivity index (χ1v) is 6.65. The number of unbranched alkanes of at least 4 members (excludes halogenated alkanes) is 3. The molecule has 20 heavy (non-hydrogen) atoms. The van der Waals surface area contributed by atoms with E-state index >= 15 is 0 Å². The van der Waals surface area contributed by atoms with Crippen molar-refractivity contribution in [1.82, 2.24) is 5.32 Å². The highest BCUT2D eigenvalue weighted by Crippen LogP contribution is 2.21. The molecule has 6 heteroatoms. The Balaban J connectivity index is 2.46. The summed E-state index contributed by atoms with van der Waals surface area (Å²) in [6, 6.07) is 3.51. The molecule has 0 fully saturated rings. The maximum atomic E-state index is 11.6. The van der Waals surface area contributed by atoms with Crippen LogP contribution in [0, 0.1) is 0 Å². The number of carboxylic acids is 1. The SMILES string of the molecule is CCCCCCNC(=O)Nc1ccc(O)c(C(=O)O)c1. The minimum Gasteiger partial charge on any atom is -0.507 e. The molecule has 0 aliphatic rings. The molecule has 0 unspecified atom stereocenters. The molecule has 1 aromatic rings. The van der Waals surface area contributed by atoms with Crippen molar-refractivity contribution in [2.45, 2.75) is 32.6 Å². The van der Waals surface area contributed by atoms with Gasteiger partial charge < -0.3 is 20.8 Å². The Morgan fingerprint density at radius 3 is 2.60 bits per heavy atom. The zero-order valence-electron chi connectivity index (χ0n) is 11.5. The average molecular weight is 280 g/mol. The van der Waals surface area contributed by atoms with E-state index in [1.165, 1.54) is 18.2 Å². The highest BCUT2D eigenvalue weighted by molar-refractivity contribution is 5.95. The zero-order chi connectivity index (χ0) is 15.0. The fourth-order valence-electron chi connectivity index (χ4n) is 1.71. The third kappa shape index (κ3) is 5.17. The fraction of sp³-hybridized carbons (Fsp3) is 0.429. The molecule has 0 aliphatic heterocycles.